The summed E-state index contributed by atoms with van der Waals surface area (Å²) < 4.78 is 22.5. The van der Waals surface area contributed by atoms with Gasteiger partial charge in [-0.15, -0.1) is 0 Å². The molecule has 0 amide bonds. The molecule has 0 bridgehead atoms. The number of benzene rings is 2. The molecule has 2 rings (SSSR count). The van der Waals surface area contributed by atoms with Crippen LogP contribution in [0.5, 0.6) is 5.75 Å². The molecule has 0 fully saturated rings. The summed E-state index contributed by atoms with van der Waals surface area (Å²) in [5.41, 5.74) is -0.0999. The second-order valence-corrected chi connectivity index (χ2v) is 7.39. The van der Waals surface area contributed by atoms with Crippen LogP contribution < -0.4 is 9.61 Å². The van der Waals surface area contributed by atoms with E-state index < -0.39 is 14.1 Å². The van der Waals surface area contributed by atoms with Gasteiger partial charge in [-0.25, -0.2) is 4.52 Å². The van der Waals surface area contributed by atoms with Gasteiger partial charge < -0.3 is 4.74 Å². The third kappa shape index (κ3) is 5.62. The predicted octanol–water partition coefficient (Wildman–Crippen LogP) is 4.05. The van der Waals surface area contributed by atoms with E-state index in [1.54, 1.807) is 6.07 Å². The van der Waals surface area contributed by atoms with Gasteiger partial charge in [0.1, 0.15) is 6.54 Å². The molecule has 0 spiro atoms. The molecule has 6 heteroatoms. The molecule has 0 aliphatic heterocycles. The molecule has 2 aromatic rings. The van der Waals surface area contributed by atoms with E-state index in [9.17, 15) is 9.36 Å². The normalized spacial score (nSPS) is 12.0. The summed E-state index contributed by atoms with van der Waals surface area (Å²) in [6, 6.07) is 13.2. The number of carbonyl (C=O) groups is 1. The van der Waals surface area contributed by atoms with Gasteiger partial charge in [-0.05, 0) is 16.9 Å². The zero-order chi connectivity index (χ0) is 16.9. The number of esters is 1. The molecule has 1 unspecified atom stereocenters. The Kier molecular flexibility index (Phi) is 5.69. The number of ether oxygens (including phenoxy) is 1. The number of hydrogen-bond acceptors (Lipinski definition) is 4. The summed E-state index contributed by atoms with van der Waals surface area (Å²) in [5.74, 6) is 0.0598. The van der Waals surface area contributed by atoms with Crippen molar-refractivity contribution in [1.82, 2.24) is 5.09 Å². The fourth-order valence-electron chi connectivity index (χ4n) is 1.87. The van der Waals surface area contributed by atoms with E-state index in [2.05, 4.69) is 5.09 Å². The zero-order valence-electron chi connectivity index (χ0n) is 13.5. The Morgan fingerprint density at radius 3 is 2.57 bits per heavy atom. The van der Waals surface area contributed by atoms with E-state index >= 15 is 0 Å². The van der Waals surface area contributed by atoms with Crippen molar-refractivity contribution in [2.75, 3.05) is 13.2 Å². The highest BCUT2D eigenvalue weighted by molar-refractivity contribution is 7.37. The van der Waals surface area contributed by atoms with E-state index in [0.717, 1.165) is 10.8 Å². The molecule has 0 saturated heterocycles. The first kappa shape index (κ1) is 17.4. The first-order valence-corrected chi connectivity index (χ1v) is 8.55. The summed E-state index contributed by atoms with van der Waals surface area (Å²) in [4.78, 5) is 11.6. The molecule has 0 radical (unpaired) electrons. The number of fused-ring (bicyclic) bond motifs is 1. The van der Waals surface area contributed by atoms with Crippen LogP contribution in [0.15, 0.2) is 42.5 Å². The van der Waals surface area contributed by atoms with Crippen LogP contribution in [0.3, 0.4) is 0 Å². The molecule has 0 saturated carbocycles. The number of rotatable bonds is 6. The van der Waals surface area contributed by atoms with Crippen molar-refractivity contribution in [3.05, 3.63) is 42.5 Å². The van der Waals surface area contributed by atoms with Crippen LogP contribution >= 0.6 is 8.18 Å². The van der Waals surface area contributed by atoms with Crippen molar-refractivity contribution in [3.63, 3.8) is 0 Å². The van der Waals surface area contributed by atoms with Crippen LogP contribution in [0, 0.1) is 5.41 Å². The van der Waals surface area contributed by atoms with E-state index in [-0.39, 0.29) is 12.0 Å². The lowest BCUT2D eigenvalue weighted by Crippen LogP contribution is -2.25. The van der Waals surface area contributed by atoms with Crippen LogP contribution in [0.2, 0.25) is 0 Å². The van der Waals surface area contributed by atoms with Crippen molar-refractivity contribution in [2.45, 2.75) is 20.8 Å². The van der Waals surface area contributed by atoms with Gasteiger partial charge >= 0.3 is 14.1 Å². The van der Waals surface area contributed by atoms with Gasteiger partial charge in [0.25, 0.3) is 0 Å². The molecule has 0 heterocycles. The van der Waals surface area contributed by atoms with Gasteiger partial charge in [0, 0.05) is 9.95 Å². The third-order valence-electron chi connectivity index (χ3n) is 2.95. The lowest BCUT2D eigenvalue weighted by molar-refractivity contribution is -0.144. The first-order chi connectivity index (χ1) is 10.8. The summed E-state index contributed by atoms with van der Waals surface area (Å²) >= 11 is 0. The molecular formula is C17H21NO4P+. The van der Waals surface area contributed by atoms with Gasteiger partial charge in [0.05, 0.1) is 6.61 Å². The monoisotopic (exact) mass is 334 g/mol. The highest BCUT2D eigenvalue weighted by Crippen LogP contribution is 2.31. The summed E-state index contributed by atoms with van der Waals surface area (Å²) in [7, 11) is -2.20. The Morgan fingerprint density at radius 1 is 1.13 bits per heavy atom. The maximum absolute atomic E-state index is 12.0. The topological polar surface area (TPSA) is 64.6 Å². The SMILES string of the molecule is CC(C)(C)COC(=O)CN[P+](=O)Oc1cccc2ccccc12. The van der Waals surface area contributed by atoms with Crippen LogP contribution in [0.1, 0.15) is 20.8 Å². The van der Waals surface area contributed by atoms with Gasteiger partial charge in [-0.2, -0.15) is 0 Å². The first-order valence-electron chi connectivity index (χ1n) is 7.37. The van der Waals surface area contributed by atoms with Gasteiger partial charge in [-0.1, -0.05) is 62.3 Å². The largest absolute Gasteiger partial charge is 0.664 e. The maximum atomic E-state index is 12.0. The molecule has 5 nitrogen and oxygen atoms in total. The molecule has 2 aromatic carbocycles. The van der Waals surface area contributed by atoms with Crippen LogP contribution in [0.25, 0.3) is 10.8 Å². The van der Waals surface area contributed by atoms with E-state index in [1.807, 2.05) is 57.2 Å². The number of hydrogen-bond donors (Lipinski definition) is 1. The minimum Gasteiger partial charge on any atom is -0.464 e. The molecule has 23 heavy (non-hydrogen) atoms. The highest BCUT2D eigenvalue weighted by atomic mass is 31.1. The second-order valence-electron chi connectivity index (χ2n) is 6.38. The highest BCUT2D eigenvalue weighted by Gasteiger charge is 2.23. The van der Waals surface area contributed by atoms with Crippen LogP contribution in [0.4, 0.5) is 0 Å². The number of carbonyl (C=O) groups excluding carboxylic acids is 1. The molecule has 1 N–H and O–H groups in total. The minimum atomic E-state index is -2.20. The molecule has 122 valence electrons. The van der Waals surface area contributed by atoms with Gasteiger partial charge in [0.15, 0.2) is 5.75 Å². The minimum absolute atomic E-state index is 0.0999. The molecule has 0 aliphatic carbocycles. The zero-order valence-corrected chi connectivity index (χ0v) is 14.4. The van der Waals surface area contributed by atoms with E-state index in [4.69, 9.17) is 9.26 Å². The van der Waals surface area contributed by atoms with Crippen molar-refractivity contribution < 1.29 is 18.6 Å². The Labute approximate surface area is 136 Å². The van der Waals surface area contributed by atoms with Crippen molar-refractivity contribution in [3.8, 4) is 5.75 Å². The number of nitrogens with one attached hydrogen (secondary N) is 1. The molecule has 0 aliphatic rings. The van der Waals surface area contributed by atoms with Gasteiger partial charge in [0.2, 0.25) is 0 Å². The lowest BCUT2D eigenvalue weighted by atomic mass is 9.99. The standard InChI is InChI=1S/C17H21NO4P/c1-17(2,3)12-21-16(19)11-18-23(20)22-15-10-6-8-13-7-4-5-9-14(13)15/h4-10H,11-12H2,1-3H3,(H,18,20)/q+1. The van der Waals surface area contributed by atoms with E-state index in [1.165, 1.54) is 0 Å². The third-order valence-corrected chi connectivity index (χ3v) is 3.73. The summed E-state index contributed by atoms with van der Waals surface area (Å²) in [6.07, 6.45) is 0. The maximum Gasteiger partial charge on any atom is 0.664 e. The van der Waals surface area contributed by atoms with Crippen molar-refractivity contribution in [1.29, 1.82) is 0 Å². The smallest absolute Gasteiger partial charge is 0.464 e. The quantitative estimate of drug-likeness (QED) is 0.637. The van der Waals surface area contributed by atoms with Crippen LogP contribution in [-0.2, 0) is 14.1 Å². The Morgan fingerprint density at radius 2 is 1.83 bits per heavy atom. The Balaban J connectivity index is 1.88. The average Bonchev–Trinajstić information content (AvgIpc) is 2.50. The molecule has 0 aromatic heterocycles. The van der Waals surface area contributed by atoms with Crippen molar-refractivity contribution >= 4 is 24.9 Å². The fourth-order valence-corrected chi connectivity index (χ4v) is 2.53. The predicted molar refractivity (Wildman–Crippen MR) is 90.6 cm³/mol. The Hall–Kier alpha value is -1.97. The summed E-state index contributed by atoms with van der Waals surface area (Å²) in [6.45, 7) is 6.07. The second kappa shape index (κ2) is 7.53. The van der Waals surface area contributed by atoms with E-state index in [0.29, 0.717) is 12.4 Å². The fraction of sp³-hybridized carbons (Fsp3) is 0.353. The average molecular weight is 334 g/mol. The van der Waals surface area contributed by atoms with Crippen molar-refractivity contribution in [2.24, 2.45) is 5.41 Å². The Bertz CT molecular complexity index is 704. The summed E-state index contributed by atoms with van der Waals surface area (Å²) in [5, 5.41) is 4.41. The molecule has 1 atom stereocenters. The van der Waals surface area contributed by atoms with Crippen LogP contribution in [-0.4, -0.2) is 19.1 Å². The lowest BCUT2D eigenvalue weighted by Gasteiger charge is -2.17. The van der Waals surface area contributed by atoms with Gasteiger partial charge in [-0.3, -0.25) is 4.79 Å². The molecular weight excluding hydrogens is 313 g/mol.